The lowest BCUT2D eigenvalue weighted by Crippen LogP contribution is -2.44. The number of nitrogens with one attached hydrogen (secondary N) is 1. The van der Waals surface area contributed by atoms with Gasteiger partial charge >= 0.3 is 6.03 Å². The van der Waals surface area contributed by atoms with Crippen LogP contribution >= 0.6 is 0 Å². The summed E-state index contributed by atoms with van der Waals surface area (Å²) < 4.78 is 5.87. The molecule has 0 unspecified atom stereocenters. The average Bonchev–Trinajstić information content (AvgIpc) is 2.89. The molecule has 27 heavy (non-hydrogen) atoms. The van der Waals surface area contributed by atoms with Crippen LogP contribution in [0.5, 0.6) is 5.88 Å². The van der Waals surface area contributed by atoms with Crippen molar-refractivity contribution in [1.82, 2.24) is 15.2 Å². The second kappa shape index (κ2) is 7.94. The van der Waals surface area contributed by atoms with Crippen LogP contribution in [0.1, 0.15) is 56.3 Å². The fraction of sp³-hybridized carbons (Fsp3) is 0.579. The fourth-order valence-electron chi connectivity index (χ4n) is 3.78. The van der Waals surface area contributed by atoms with E-state index >= 15 is 0 Å². The minimum absolute atomic E-state index is 0.117. The molecule has 8 nitrogen and oxygen atoms in total. The number of primary amides is 1. The lowest BCUT2D eigenvalue weighted by atomic mass is 9.91. The maximum Gasteiger partial charge on any atom is 0.325 e. The van der Waals surface area contributed by atoms with Crippen LogP contribution in [0.25, 0.3) is 0 Å². The number of nitrogens with zero attached hydrogens (tertiary/aromatic N) is 2. The van der Waals surface area contributed by atoms with Gasteiger partial charge in [-0.3, -0.25) is 14.5 Å². The summed E-state index contributed by atoms with van der Waals surface area (Å²) in [4.78, 5) is 41.8. The second-order valence-electron chi connectivity index (χ2n) is 7.61. The number of imide groups is 1. The molecule has 1 aromatic heterocycles. The molecule has 146 valence electrons. The lowest BCUT2D eigenvalue weighted by molar-refractivity contribution is -0.130. The highest BCUT2D eigenvalue weighted by atomic mass is 16.5. The molecule has 0 spiro atoms. The summed E-state index contributed by atoms with van der Waals surface area (Å²) in [7, 11) is 0. The van der Waals surface area contributed by atoms with Gasteiger partial charge in [-0.1, -0.05) is 13.8 Å². The van der Waals surface area contributed by atoms with Crippen LogP contribution in [0.2, 0.25) is 0 Å². The first-order valence-corrected chi connectivity index (χ1v) is 9.41. The van der Waals surface area contributed by atoms with Gasteiger partial charge in [0.2, 0.25) is 5.88 Å². The molecule has 1 aromatic rings. The Kier molecular flexibility index (Phi) is 5.62. The summed E-state index contributed by atoms with van der Waals surface area (Å²) in [5.41, 5.74) is 5.61. The van der Waals surface area contributed by atoms with Crippen LogP contribution in [0.4, 0.5) is 4.79 Å². The van der Waals surface area contributed by atoms with Gasteiger partial charge in [-0.2, -0.15) is 0 Å². The van der Waals surface area contributed by atoms with Gasteiger partial charge in [-0.15, -0.1) is 0 Å². The van der Waals surface area contributed by atoms with E-state index in [4.69, 9.17) is 10.5 Å². The van der Waals surface area contributed by atoms with E-state index in [1.807, 2.05) is 13.8 Å². The van der Waals surface area contributed by atoms with Crippen molar-refractivity contribution in [2.24, 2.45) is 11.7 Å². The third-order valence-corrected chi connectivity index (χ3v) is 5.08. The van der Waals surface area contributed by atoms with Crippen molar-refractivity contribution in [2.75, 3.05) is 0 Å². The number of ether oxygens (including phenoxy) is 1. The van der Waals surface area contributed by atoms with Crippen LogP contribution < -0.4 is 15.8 Å². The predicted molar refractivity (Wildman–Crippen MR) is 98.0 cm³/mol. The number of aromatic nitrogens is 1. The molecule has 8 heteroatoms. The minimum atomic E-state index is -0.581. The molecule has 1 saturated carbocycles. The zero-order valence-electron chi connectivity index (χ0n) is 15.7. The maximum atomic E-state index is 12.6. The third-order valence-electron chi connectivity index (χ3n) is 5.08. The van der Waals surface area contributed by atoms with Crippen LogP contribution in [-0.2, 0) is 4.79 Å². The summed E-state index contributed by atoms with van der Waals surface area (Å²) in [6.07, 6.45) is 4.75. The van der Waals surface area contributed by atoms with Gasteiger partial charge in [0.25, 0.3) is 11.8 Å². The summed E-state index contributed by atoms with van der Waals surface area (Å²) in [5, 5.41) is 2.80. The Morgan fingerprint density at radius 2 is 2.04 bits per heavy atom. The number of nitrogens with two attached hydrogens (primary N) is 1. The average molecular weight is 374 g/mol. The predicted octanol–water partition coefficient (Wildman–Crippen LogP) is 1.84. The maximum absolute atomic E-state index is 12.6. The van der Waals surface area contributed by atoms with Gasteiger partial charge < -0.3 is 15.8 Å². The van der Waals surface area contributed by atoms with Gasteiger partial charge in [0, 0.05) is 12.2 Å². The smallest absolute Gasteiger partial charge is 0.325 e. The van der Waals surface area contributed by atoms with Gasteiger partial charge in [0.1, 0.15) is 17.7 Å². The first-order valence-electron chi connectivity index (χ1n) is 9.41. The molecule has 0 radical (unpaired) electrons. The quantitative estimate of drug-likeness (QED) is 0.737. The summed E-state index contributed by atoms with van der Waals surface area (Å²) in [6, 6.07) is 2.38. The third kappa shape index (κ3) is 4.20. The Bertz CT molecular complexity index is 728. The highest BCUT2D eigenvalue weighted by Crippen LogP contribution is 2.29. The van der Waals surface area contributed by atoms with Crippen LogP contribution in [0, 0.1) is 5.92 Å². The molecule has 3 rings (SSSR count). The first kappa shape index (κ1) is 19.1. The zero-order valence-corrected chi connectivity index (χ0v) is 15.7. The van der Waals surface area contributed by atoms with E-state index in [1.54, 1.807) is 18.3 Å². The topological polar surface area (TPSA) is 115 Å². The Labute approximate surface area is 158 Å². The molecule has 2 fully saturated rings. The molecular weight excluding hydrogens is 348 g/mol. The summed E-state index contributed by atoms with van der Waals surface area (Å²) >= 11 is 0. The Morgan fingerprint density at radius 1 is 1.33 bits per heavy atom. The minimum Gasteiger partial charge on any atom is -0.474 e. The van der Waals surface area contributed by atoms with E-state index < -0.39 is 11.9 Å². The molecule has 1 aliphatic heterocycles. The van der Waals surface area contributed by atoms with Crippen molar-refractivity contribution >= 4 is 17.8 Å². The van der Waals surface area contributed by atoms with E-state index in [0.717, 1.165) is 0 Å². The van der Waals surface area contributed by atoms with E-state index in [1.165, 1.54) is 4.90 Å². The summed E-state index contributed by atoms with van der Waals surface area (Å²) in [5.74, 6) is -0.136. The van der Waals surface area contributed by atoms with Gasteiger partial charge in [0.15, 0.2) is 0 Å². The molecule has 3 N–H and O–H groups in total. The van der Waals surface area contributed by atoms with Crippen molar-refractivity contribution in [3.05, 3.63) is 23.9 Å². The van der Waals surface area contributed by atoms with E-state index in [-0.39, 0.29) is 35.5 Å². The molecule has 1 saturated heterocycles. The van der Waals surface area contributed by atoms with Crippen molar-refractivity contribution in [1.29, 1.82) is 0 Å². The number of amides is 4. The number of pyridine rings is 1. The fourth-order valence-corrected chi connectivity index (χ4v) is 3.78. The Balaban J connectivity index is 1.59. The molecule has 0 bridgehead atoms. The molecule has 4 amide bonds. The van der Waals surface area contributed by atoms with E-state index in [9.17, 15) is 14.4 Å². The number of hydrogen-bond acceptors (Lipinski definition) is 5. The second-order valence-corrected chi connectivity index (χ2v) is 7.61. The molecule has 2 heterocycles. The van der Waals surface area contributed by atoms with Crippen molar-refractivity contribution in [3.8, 4) is 5.88 Å². The summed E-state index contributed by atoms with van der Waals surface area (Å²) in [6.45, 7) is 4.06. The van der Waals surface area contributed by atoms with E-state index in [0.29, 0.717) is 38.0 Å². The van der Waals surface area contributed by atoms with Gasteiger partial charge in [-0.25, -0.2) is 9.78 Å². The van der Waals surface area contributed by atoms with Crippen LogP contribution in [0.3, 0.4) is 0 Å². The highest BCUT2D eigenvalue weighted by molar-refractivity contribution is 6.04. The van der Waals surface area contributed by atoms with Crippen molar-refractivity contribution in [3.63, 3.8) is 0 Å². The van der Waals surface area contributed by atoms with Gasteiger partial charge in [-0.05, 0) is 50.2 Å². The zero-order chi connectivity index (χ0) is 19.6. The van der Waals surface area contributed by atoms with Gasteiger partial charge in [0.05, 0.1) is 0 Å². The number of urea groups is 1. The molecule has 1 aliphatic carbocycles. The monoisotopic (exact) mass is 374 g/mol. The largest absolute Gasteiger partial charge is 0.474 e. The molecular formula is C19H26N4O4. The van der Waals surface area contributed by atoms with Crippen molar-refractivity contribution in [2.45, 2.75) is 64.1 Å². The number of carbonyl (C=O) groups excluding carboxylic acids is 3. The Morgan fingerprint density at radius 3 is 2.67 bits per heavy atom. The number of rotatable bonds is 6. The molecule has 0 aromatic carbocycles. The van der Waals surface area contributed by atoms with Crippen LogP contribution in [-0.4, -0.2) is 45.9 Å². The highest BCUT2D eigenvalue weighted by Gasteiger charge is 2.43. The number of carbonyl (C=O) groups is 3. The SMILES string of the molecule is CC(C)C[C@@H]1NC(=O)N([C@H]2CC[C@H](Oc3ncccc3C(N)=O)CC2)C1=O. The first-order chi connectivity index (χ1) is 12.9. The standard InChI is InChI=1S/C19H26N4O4/c1-11(2)10-15-18(25)23(19(26)22-15)12-5-7-13(8-6-12)27-17-14(16(20)24)4-3-9-21-17/h3-4,9,11-13,15H,5-8,10H2,1-2H3,(H2,20,24)(H,22,26)/t12-,13-,15-/m0/s1. The van der Waals surface area contributed by atoms with Crippen molar-refractivity contribution < 1.29 is 19.1 Å². The molecule has 1 atom stereocenters. The normalized spacial score (nSPS) is 25.6. The lowest BCUT2D eigenvalue weighted by Gasteiger charge is -2.33. The number of hydrogen-bond donors (Lipinski definition) is 2. The van der Waals surface area contributed by atoms with E-state index in [2.05, 4.69) is 10.3 Å². The van der Waals surface area contributed by atoms with Crippen LogP contribution in [0.15, 0.2) is 18.3 Å². The Hall–Kier alpha value is -2.64. The molecule has 2 aliphatic rings.